The molecule has 2 atom stereocenters. The molecular weight excluding hydrogens is 242 g/mol. The average molecular weight is 263 g/mol. The zero-order valence-corrected chi connectivity index (χ0v) is 11.3. The Morgan fingerprint density at radius 1 is 1.63 bits per heavy atom. The van der Waals surface area contributed by atoms with Crippen LogP contribution in [0.5, 0.6) is 0 Å². The zero-order valence-electron chi connectivity index (χ0n) is 11.3. The summed E-state index contributed by atoms with van der Waals surface area (Å²) in [5, 5.41) is 0. The van der Waals surface area contributed by atoms with Crippen LogP contribution in [-0.2, 0) is 16.1 Å². The summed E-state index contributed by atoms with van der Waals surface area (Å²) in [5.74, 6) is 0.124. The number of amides is 1. The van der Waals surface area contributed by atoms with Crippen LogP contribution in [0.4, 0.5) is 0 Å². The summed E-state index contributed by atoms with van der Waals surface area (Å²) >= 11 is 0. The normalized spacial score (nSPS) is 20.5. The van der Waals surface area contributed by atoms with E-state index >= 15 is 0 Å². The molecule has 5 heteroatoms. The maximum atomic E-state index is 11.9. The van der Waals surface area contributed by atoms with E-state index in [1.54, 1.807) is 6.20 Å². The summed E-state index contributed by atoms with van der Waals surface area (Å²) in [6.45, 7) is 3.78. The van der Waals surface area contributed by atoms with Gasteiger partial charge in [-0.2, -0.15) is 0 Å². The van der Waals surface area contributed by atoms with E-state index in [4.69, 9.17) is 10.5 Å². The third kappa shape index (κ3) is 4.29. The quantitative estimate of drug-likeness (QED) is 0.858. The fourth-order valence-electron chi connectivity index (χ4n) is 2.18. The number of pyridine rings is 1. The Morgan fingerprint density at radius 2 is 2.47 bits per heavy atom. The molecule has 2 rings (SSSR count). The summed E-state index contributed by atoms with van der Waals surface area (Å²) in [6.07, 6.45) is 3.16. The molecule has 1 amide bonds. The summed E-state index contributed by atoms with van der Waals surface area (Å²) in [7, 11) is 0. The molecule has 2 N–H and O–H groups in total. The summed E-state index contributed by atoms with van der Waals surface area (Å²) in [4.78, 5) is 17.9. The number of nitrogens with zero attached hydrogens (tertiary/aromatic N) is 2. The molecule has 1 saturated heterocycles. The number of hydrogen-bond acceptors (Lipinski definition) is 4. The highest BCUT2D eigenvalue weighted by Crippen LogP contribution is 2.15. The lowest BCUT2D eigenvalue weighted by Crippen LogP contribution is -2.34. The topological polar surface area (TPSA) is 68.5 Å². The number of nitrogens with two attached hydrogens (primary N) is 1. The molecule has 0 aromatic carbocycles. The SMILES string of the molecule is CC(N)CC(=O)N1CCC(OCc2ccccn2)C1. The van der Waals surface area contributed by atoms with E-state index in [1.807, 2.05) is 30.0 Å². The molecule has 1 aliphatic heterocycles. The molecule has 19 heavy (non-hydrogen) atoms. The van der Waals surface area contributed by atoms with E-state index in [2.05, 4.69) is 4.98 Å². The Hall–Kier alpha value is -1.46. The van der Waals surface area contributed by atoms with Crippen molar-refractivity contribution in [1.82, 2.24) is 9.88 Å². The minimum absolute atomic E-state index is 0.0824. The van der Waals surface area contributed by atoms with Gasteiger partial charge in [-0.25, -0.2) is 0 Å². The highest BCUT2D eigenvalue weighted by molar-refractivity contribution is 5.77. The lowest BCUT2D eigenvalue weighted by molar-refractivity contribution is -0.131. The molecule has 1 fully saturated rings. The van der Waals surface area contributed by atoms with Crippen molar-refractivity contribution in [3.63, 3.8) is 0 Å². The van der Waals surface area contributed by atoms with Gasteiger partial charge in [-0.15, -0.1) is 0 Å². The minimum atomic E-state index is -0.0824. The average Bonchev–Trinajstić information content (AvgIpc) is 2.86. The van der Waals surface area contributed by atoms with Crippen molar-refractivity contribution in [3.8, 4) is 0 Å². The monoisotopic (exact) mass is 263 g/mol. The van der Waals surface area contributed by atoms with Gasteiger partial charge < -0.3 is 15.4 Å². The number of carbonyl (C=O) groups excluding carboxylic acids is 1. The fourth-order valence-corrected chi connectivity index (χ4v) is 2.18. The molecule has 5 nitrogen and oxygen atoms in total. The van der Waals surface area contributed by atoms with Crippen molar-refractivity contribution < 1.29 is 9.53 Å². The molecule has 2 unspecified atom stereocenters. The molecule has 104 valence electrons. The lowest BCUT2D eigenvalue weighted by Gasteiger charge is -2.17. The second-order valence-corrected chi connectivity index (χ2v) is 5.06. The van der Waals surface area contributed by atoms with Crippen LogP contribution in [0.2, 0.25) is 0 Å². The lowest BCUT2D eigenvalue weighted by atomic mass is 10.2. The molecule has 0 spiro atoms. The standard InChI is InChI=1S/C14H21N3O2/c1-11(15)8-14(18)17-7-5-13(9-17)19-10-12-4-2-3-6-16-12/h2-4,6,11,13H,5,7-10,15H2,1H3. The van der Waals surface area contributed by atoms with Crippen molar-refractivity contribution in [1.29, 1.82) is 0 Å². The van der Waals surface area contributed by atoms with Crippen molar-refractivity contribution in [3.05, 3.63) is 30.1 Å². The Morgan fingerprint density at radius 3 is 3.16 bits per heavy atom. The van der Waals surface area contributed by atoms with E-state index in [1.165, 1.54) is 0 Å². The predicted molar refractivity (Wildman–Crippen MR) is 72.3 cm³/mol. The first-order valence-corrected chi connectivity index (χ1v) is 6.70. The highest BCUT2D eigenvalue weighted by Gasteiger charge is 2.26. The van der Waals surface area contributed by atoms with E-state index in [0.717, 1.165) is 18.7 Å². The van der Waals surface area contributed by atoms with Crippen LogP contribution in [0.3, 0.4) is 0 Å². The third-order valence-corrected chi connectivity index (χ3v) is 3.19. The highest BCUT2D eigenvalue weighted by atomic mass is 16.5. The maximum Gasteiger partial charge on any atom is 0.224 e. The van der Waals surface area contributed by atoms with Crippen LogP contribution in [0.15, 0.2) is 24.4 Å². The van der Waals surface area contributed by atoms with Gasteiger partial charge in [-0.3, -0.25) is 9.78 Å². The van der Waals surface area contributed by atoms with Crippen LogP contribution in [0.25, 0.3) is 0 Å². The summed E-state index contributed by atoms with van der Waals surface area (Å²) < 4.78 is 5.79. The number of hydrogen-bond donors (Lipinski definition) is 1. The van der Waals surface area contributed by atoms with Crippen molar-refractivity contribution in [2.75, 3.05) is 13.1 Å². The predicted octanol–water partition coefficient (Wildman–Crippen LogP) is 0.936. The van der Waals surface area contributed by atoms with Gasteiger partial charge in [0.1, 0.15) is 0 Å². The van der Waals surface area contributed by atoms with Gasteiger partial charge in [0.25, 0.3) is 0 Å². The van der Waals surface area contributed by atoms with Gasteiger partial charge in [-0.1, -0.05) is 6.07 Å². The minimum Gasteiger partial charge on any atom is -0.370 e. The Balaban J connectivity index is 1.75. The smallest absolute Gasteiger partial charge is 0.224 e. The fraction of sp³-hybridized carbons (Fsp3) is 0.571. The Labute approximate surface area is 113 Å². The molecule has 1 aromatic heterocycles. The maximum absolute atomic E-state index is 11.9. The summed E-state index contributed by atoms with van der Waals surface area (Å²) in [5.41, 5.74) is 6.56. The van der Waals surface area contributed by atoms with Gasteiger partial charge in [0.2, 0.25) is 5.91 Å². The number of rotatable bonds is 5. The molecule has 0 radical (unpaired) electrons. The van der Waals surface area contributed by atoms with E-state index in [-0.39, 0.29) is 18.1 Å². The Bertz CT molecular complexity index is 408. The van der Waals surface area contributed by atoms with Gasteiger partial charge in [0, 0.05) is 31.7 Å². The summed E-state index contributed by atoms with van der Waals surface area (Å²) in [6, 6.07) is 5.68. The van der Waals surface area contributed by atoms with Gasteiger partial charge >= 0.3 is 0 Å². The molecule has 1 aliphatic rings. The van der Waals surface area contributed by atoms with E-state index in [9.17, 15) is 4.79 Å². The van der Waals surface area contributed by atoms with Crippen molar-refractivity contribution in [2.45, 2.75) is 38.5 Å². The van der Waals surface area contributed by atoms with Crippen molar-refractivity contribution in [2.24, 2.45) is 5.73 Å². The van der Waals surface area contributed by atoms with Crippen LogP contribution < -0.4 is 5.73 Å². The van der Waals surface area contributed by atoms with Crippen molar-refractivity contribution >= 4 is 5.91 Å². The molecular formula is C14H21N3O2. The molecule has 2 heterocycles. The first-order chi connectivity index (χ1) is 9.15. The first kappa shape index (κ1) is 14.0. The number of carbonyl (C=O) groups is 1. The van der Waals surface area contributed by atoms with E-state index in [0.29, 0.717) is 19.6 Å². The van der Waals surface area contributed by atoms with Crippen LogP contribution in [0, 0.1) is 0 Å². The van der Waals surface area contributed by atoms with Crippen LogP contribution in [-0.4, -0.2) is 41.0 Å². The number of aromatic nitrogens is 1. The second-order valence-electron chi connectivity index (χ2n) is 5.06. The van der Waals surface area contributed by atoms with Crippen LogP contribution in [0.1, 0.15) is 25.5 Å². The van der Waals surface area contributed by atoms with E-state index < -0.39 is 0 Å². The zero-order chi connectivity index (χ0) is 13.7. The molecule has 0 bridgehead atoms. The first-order valence-electron chi connectivity index (χ1n) is 6.70. The van der Waals surface area contributed by atoms with Gasteiger partial charge in [0.15, 0.2) is 0 Å². The third-order valence-electron chi connectivity index (χ3n) is 3.19. The molecule has 1 aromatic rings. The molecule has 0 aliphatic carbocycles. The van der Waals surface area contributed by atoms with Crippen LogP contribution >= 0.6 is 0 Å². The largest absolute Gasteiger partial charge is 0.370 e. The van der Waals surface area contributed by atoms with Gasteiger partial charge in [0.05, 0.1) is 18.4 Å². The number of likely N-dealkylation sites (tertiary alicyclic amines) is 1. The number of ether oxygens (including phenoxy) is 1. The van der Waals surface area contributed by atoms with Gasteiger partial charge in [-0.05, 0) is 25.5 Å². The Kier molecular flexibility index (Phi) is 4.87. The second kappa shape index (κ2) is 6.63. The molecule has 0 saturated carbocycles.